The van der Waals surface area contributed by atoms with Gasteiger partial charge < -0.3 is 20.5 Å². The molecule has 2 atom stereocenters. The van der Waals surface area contributed by atoms with E-state index in [0.29, 0.717) is 0 Å². The van der Waals surface area contributed by atoms with Crippen LogP contribution in [-0.4, -0.2) is 42.6 Å². The van der Waals surface area contributed by atoms with E-state index in [1.807, 2.05) is 0 Å². The third-order valence-electron chi connectivity index (χ3n) is 3.04. The Bertz CT molecular complexity index is 350. The highest BCUT2D eigenvalue weighted by atomic mass is 16.6. The Morgan fingerprint density at radius 2 is 1.72 bits per heavy atom. The summed E-state index contributed by atoms with van der Waals surface area (Å²) in [6.45, 7) is 4.95. The maximum Gasteiger partial charge on any atom is 0.344 e. The molecule has 0 aromatic carbocycles. The lowest BCUT2D eigenvalue weighted by Gasteiger charge is -2.28. The molecule has 102 valence electrons. The van der Waals surface area contributed by atoms with Crippen LogP contribution < -0.4 is 11.1 Å². The van der Waals surface area contributed by atoms with E-state index < -0.39 is 35.3 Å². The Hall–Kier alpha value is -1.63. The van der Waals surface area contributed by atoms with Gasteiger partial charge in [0.15, 0.2) is 0 Å². The van der Waals surface area contributed by atoms with Gasteiger partial charge >= 0.3 is 11.9 Å². The third kappa shape index (κ3) is 2.05. The summed E-state index contributed by atoms with van der Waals surface area (Å²) in [5, 5.41) is 2.32. The quantitative estimate of drug-likeness (QED) is 0.492. The first-order valence-corrected chi connectivity index (χ1v) is 5.83. The Kier molecular flexibility index (Phi) is 4.28. The predicted octanol–water partition coefficient (Wildman–Crippen LogP) is -1.06. The molecule has 7 nitrogen and oxygen atoms in total. The number of carbonyl (C=O) groups is 3. The van der Waals surface area contributed by atoms with Crippen LogP contribution in [0.25, 0.3) is 0 Å². The number of hydrogen-bond acceptors (Lipinski definition) is 6. The molecule has 1 heterocycles. The van der Waals surface area contributed by atoms with Crippen molar-refractivity contribution in [3.63, 3.8) is 0 Å². The van der Waals surface area contributed by atoms with E-state index in [1.165, 1.54) is 6.92 Å². The van der Waals surface area contributed by atoms with Crippen molar-refractivity contribution in [2.45, 2.75) is 32.4 Å². The third-order valence-corrected chi connectivity index (χ3v) is 3.04. The Labute approximate surface area is 105 Å². The van der Waals surface area contributed by atoms with E-state index in [9.17, 15) is 14.4 Å². The van der Waals surface area contributed by atoms with Crippen LogP contribution in [-0.2, 0) is 23.9 Å². The fraction of sp³-hybridized carbons (Fsp3) is 0.727. The van der Waals surface area contributed by atoms with Crippen LogP contribution in [0.4, 0.5) is 0 Å². The molecular formula is C11H18N2O5. The van der Waals surface area contributed by atoms with Crippen molar-refractivity contribution in [2.75, 3.05) is 13.2 Å². The van der Waals surface area contributed by atoms with Gasteiger partial charge in [-0.25, -0.2) is 9.59 Å². The van der Waals surface area contributed by atoms with E-state index in [0.717, 1.165) is 0 Å². The number of nitrogens with one attached hydrogen (secondary N) is 1. The lowest BCUT2D eigenvalue weighted by atomic mass is 9.85. The predicted molar refractivity (Wildman–Crippen MR) is 61.3 cm³/mol. The van der Waals surface area contributed by atoms with Crippen molar-refractivity contribution < 1.29 is 23.9 Å². The van der Waals surface area contributed by atoms with Gasteiger partial charge in [-0.1, -0.05) is 6.92 Å². The van der Waals surface area contributed by atoms with Crippen LogP contribution in [0.3, 0.4) is 0 Å². The van der Waals surface area contributed by atoms with Crippen LogP contribution >= 0.6 is 0 Å². The Morgan fingerprint density at radius 3 is 2.00 bits per heavy atom. The number of nitrogens with two attached hydrogens (primary N) is 1. The van der Waals surface area contributed by atoms with Gasteiger partial charge in [-0.05, 0) is 13.8 Å². The summed E-state index contributed by atoms with van der Waals surface area (Å²) in [6.07, 6.45) is 0. The van der Waals surface area contributed by atoms with Crippen molar-refractivity contribution in [3.8, 4) is 0 Å². The Morgan fingerprint density at radius 1 is 1.28 bits per heavy atom. The van der Waals surface area contributed by atoms with Gasteiger partial charge in [0.05, 0.1) is 19.3 Å². The molecule has 0 unspecified atom stereocenters. The second kappa shape index (κ2) is 5.34. The SMILES string of the molecule is CCOC(=O)C1(C(=O)OCC)NC(=O)[C@@H](N)[C@H]1C. The highest BCUT2D eigenvalue weighted by Crippen LogP contribution is 2.29. The molecule has 1 amide bonds. The lowest BCUT2D eigenvalue weighted by Crippen LogP contribution is -2.60. The number of rotatable bonds is 4. The molecule has 18 heavy (non-hydrogen) atoms. The maximum absolute atomic E-state index is 12.0. The summed E-state index contributed by atoms with van der Waals surface area (Å²) in [6, 6.07) is -0.946. The average Bonchev–Trinajstić information content (AvgIpc) is 2.55. The minimum atomic E-state index is -1.83. The molecule has 1 saturated heterocycles. The molecule has 7 heteroatoms. The standard InChI is InChI=1S/C11H18N2O5/c1-4-17-9(15)11(10(16)18-5-2)6(3)7(12)8(14)13-11/h6-7H,4-5,12H2,1-3H3,(H,13,14)/t6-,7+/m1/s1. The number of carbonyl (C=O) groups excluding carboxylic acids is 3. The molecule has 1 fully saturated rings. The Balaban J connectivity index is 3.14. The van der Waals surface area contributed by atoms with Crippen molar-refractivity contribution in [1.82, 2.24) is 5.32 Å². The van der Waals surface area contributed by atoms with Crippen LogP contribution in [0.5, 0.6) is 0 Å². The van der Waals surface area contributed by atoms with Gasteiger partial charge in [-0.2, -0.15) is 0 Å². The second-order valence-corrected chi connectivity index (χ2v) is 4.05. The molecule has 0 aromatic heterocycles. The van der Waals surface area contributed by atoms with E-state index in [1.54, 1.807) is 13.8 Å². The minimum absolute atomic E-state index is 0.0951. The molecule has 3 N–H and O–H groups in total. The molecule has 1 rings (SSSR count). The summed E-state index contributed by atoms with van der Waals surface area (Å²) in [5.41, 5.74) is 3.81. The topological polar surface area (TPSA) is 108 Å². The molecule has 1 aliphatic heterocycles. The number of amides is 1. The summed E-state index contributed by atoms with van der Waals surface area (Å²) >= 11 is 0. The van der Waals surface area contributed by atoms with E-state index >= 15 is 0 Å². The van der Waals surface area contributed by atoms with Crippen LogP contribution in [0.15, 0.2) is 0 Å². The van der Waals surface area contributed by atoms with Crippen LogP contribution in [0.1, 0.15) is 20.8 Å². The van der Waals surface area contributed by atoms with Gasteiger partial charge in [0.25, 0.3) is 0 Å². The zero-order valence-corrected chi connectivity index (χ0v) is 10.7. The van der Waals surface area contributed by atoms with Gasteiger partial charge in [0.2, 0.25) is 11.4 Å². The maximum atomic E-state index is 12.0. The zero-order valence-electron chi connectivity index (χ0n) is 10.7. The van der Waals surface area contributed by atoms with Crippen LogP contribution in [0.2, 0.25) is 0 Å². The molecule has 0 aromatic rings. The number of esters is 2. The summed E-state index contributed by atoms with van der Waals surface area (Å²) in [5.74, 6) is -2.97. The molecule has 0 spiro atoms. The molecule has 0 bridgehead atoms. The first-order valence-electron chi connectivity index (χ1n) is 5.83. The molecule has 0 radical (unpaired) electrons. The van der Waals surface area contributed by atoms with E-state index in [2.05, 4.69) is 5.32 Å². The van der Waals surface area contributed by atoms with Crippen molar-refractivity contribution >= 4 is 17.8 Å². The van der Waals surface area contributed by atoms with E-state index in [4.69, 9.17) is 15.2 Å². The smallest absolute Gasteiger partial charge is 0.344 e. The van der Waals surface area contributed by atoms with Crippen molar-refractivity contribution in [3.05, 3.63) is 0 Å². The fourth-order valence-corrected chi connectivity index (χ4v) is 1.93. The van der Waals surface area contributed by atoms with Crippen molar-refractivity contribution in [1.29, 1.82) is 0 Å². The average molecular weight is 258 g/mol. The summed E-state index contributed by atoms with van der Waals surface area (Å²) in [7, 11) is 0. The minimum Gasteiger partial charge on any atom is -0.464 e. The first-order chi connectivity index (χ1) is 8.41. The summed E-state index contributed by atoms with van der Waals surface area (Å²) < 4.78 is 9.71. The highest BCUT2D eigenvalue weighted by molar-refractivity contribution is 6.11. The second-order valence-electron chi connectivity index (χ2n) is 4.05. The van der Waals surface area contributed by atoms with Gasteiger partial charge in [0, 0.05) is 5.92 Å². The first kappa shape index (κ1) is 14.4. The fourth-order valence-electron chi connectivity index (χ4n) is 1.93. The largest absolute Gasteiger partial charge is 0.464 e. The van der Waals surface area contributed by atoms with E-state index in [-0.39, 0.29) is 13.2 Å². The van der Waals surface area contributed by atoms with Gasteiger partial charge in [-0.3, -0.25) is 4.79 Å². The lowest BCUT2D eigenvalue weighted by molar-refractivity contribution is -0.168. The molecule has 0 aliphatic carbocycles. The van der Waals surface area contributed by atoms with Crippen LogP contribution in [0, 0.1) is 5.92 Å². The molecule has 1 aliphatic rings. The summed E-state index contributed by atoms with van der Waals surface area (Å²) in [4.78, 5) is 35.5. The highest BCUT2D eigenvalue weighted by Gasteiger charge is 2.62. The van der Waals surface area contributed by atoms with Gasteiger partial charge in [0.1, 0.15) is 0 Å². The number of ether oxygens (including phenoxy) is 2. The van der Waals surface area contributed by atoms with Crippen molar-refractivity contribution in [2.24, 2.45) is 11.7 Å². The number of hydrogen-bond donors (Lipinski definition) is 2. The normalized spacial score (nSPS) is 25.4. The monoisotopic (exact) mass is 258 g/mol. The van der Waals surface area contributed by atoms with Gasteiger partial charge in [-0.15, -0.1) is 0 Å². The zero-order chi connectivity index (χ0) is 13.9. The molecular weight excluding hydrogens is 240 g/mol. The molecule has 0 saturated carbocycles.